The van der Waals surface area contributed by atoms with Crippen LogP contribution in [-0.2, 0) is 28.6 Å². The van der Waals surface area contributed by atoms with Crippen molar-refractivity contribution < 1.29 is 28.6 Å². The van der Waals surface area contributed by atoms with Gasteiger partial charge in [0.2, 0.25) is 0 Å². The van der Waals surface area contributed by atoms with Crippen LogP contribution in [0.25, 0.3) is 0 Å². The van der Waals surface area contributed by atoms with Gasteiger partial charge >= 0.3 is 17.9 Å². The van der Waals surface area contributed by atoms with Crippen LogP contribution in [0.3, 0.4) is 0 Å². The fourth-order valence-electron chi connectivity index (χ4n) is 8.12. The molecule has 0 aromatic carbocycles. The quantitative estimate of drug-likeness (QED) is 0.0262. The standard InChI is InChI=1S/C58H106O6/c1-4-7-10-13-16-19-22-25-28-29-31-33-36-39-42-45-48-51-57(60)63-54-55(53-62-56(59)50-47-44-41-38-35-32-27-24-21-18-15-12-9-6-3)64-58(61)52-49-46-43-40-37-34-30-26-23-20-17-14-11-8-5-2/h17,20,25-26,28,30,55H,4-16,18-19,21-24,27,29,31-54H2,1-3H3/b20-17-,28-25-,30-26-/t55-/m1/s1. The molecule has 0 saturated carbocycles. The van der Waals surface area contributed by atoms with E-state index in [1.807, 2.05) is 0 Å². The highest BCUT2D eigenvalue weighted by Crippen LogP contribution is 2.16. The van der Waals surface area contributed by atoms with E-state index < -0.39 is 6.10 Å². The average Bonchev–Trinajstić information content (AvgIpc) is 3.29. The number of rotatable bonds is 51. The van der Waals surface area contributed by atoms with Gasteiger partial charge in [-0.05, 0) is 77.0 Å². The zero-order chi connectivity index (χ0) is 46.5. The van der Waals surface area contributed by atoms with Gasteiger partial charge in [-0.15, -0.1) is 0 Å². The van der Waals surface area contributed by atoms with Crippen LogP contribution >= 0.6 is 0 Å². The molecule has 0 aromatic heterocycles. The zero-order valence-corrected chi connectivity index (χ0v) is 42.8. The van der Waals surface area contributed by atoms with E-state index in [1.165, 1.54) is 173 Å². The normalized spacial score (nSPS) is 12.2. The Bertz CT molecular complexity index is 1080. The molecule has 0 bridgehead atoms. The Balaban J connectivity index is 4.37. The summed E-state index contributed by atoms with van der Waals surface area (Å²) in [4.78, 5) is 38.1. The van der Waals surface area contributed by atoms with Gasteiger partial charge in [-0.2, -0.15) is 0 Å². The number of unbranched alkanes of at least 4 members (excludes halogenated alkanes) is 34. The van der Waals surface area contributed by atoms with Crippen LogP contribution in [0.15, 0.2) is 36.5 Å². The van der Waals surface area contributed by atoms with E-state index in [0.717, 1.165) is 83.5 Å². The summed E-state index contributed by atoms with van der Waals surface area (Å²) in [6.45, 7) is 6.63. The lowest BCUT2D eigenvalue weighted by atomic mass is 10.0. The van der Waals surface area contributed by atoms with Crippen molar-refractivity contribution in [3.63, 3.8) is 0 Å². The van der Waals surface area contributed by atoms with Gasteiger partial charge in [0.15, 0.2) is 6.10 Å². The lowest BCUT2D eigenvalue weighted by molar-refractivity contribution is -0.167. The monoisotopic (exact) mass is 899 g/mol. The van der Waals surface area contributed by atoms with Crippen LogP contribution in [0, 0.1) is 0 Å². The smallest absolute Gasteiger partial charge is 0.306 e. The third-order valence-corrected chi connectivity index (χ3v) is 12.4. The maximum Gasteiger partial charge on any atom is 0.306 e. The van der Waals surface area contributed by atoms with Gasteiger partial charge in [-0.1, -0.05) is 237 Å². The number of allylic oxidation sites excluding steroid dienone is 6. The van der Waals surface area contributed by atoms with Crippen molar-refractivity contribution in [2.45, 2.75) is 303 Å². The van der Waals surface area contributed by atoms with Crippen LogP contribution in [0.5, 0.6) is 0 Å². The first-order valence-corrected chi connectivity index (χ1v) is 28.0. The number of hydrogen-bond donors (Lipinski definition) is 0. The molecule has 0 saturated heterocycles. The highest BCUT2D eigenvalue weighted by molar-refractivity contribution is 5.71. The van der Waals surface area contributed by atoms with Crippen LogP contribution in [0.4, 0.5) is 0 Å². The van der Waals surface area contributed by atoms with E-state index in [-0.39, 0.29) is 31.1 Å². The third-order valence-electron chi connectivity index (χ3n) is 12.4. The Morgan fingerprint density at radius 3 is 0.906 bits per heavy atom. The van der Waals surface area contributed by atoms with Crippen LogP contribution < -0.4 is 0 Å². The average molecular weight is 899 g/mol. The summed E-state index contributed by atoms with van der Waals surface area (Å²) >= 11 is 0. The molecule has 0 fully saturated rings. The van der Waals surface area contributed by atoms with Crippen molar-refractivity contribution in [1.82, 2.24) is 0 Å². The van der Waals surface area contributed by atoms with Gasteiger partial charge in [0, 0.05) is 19.3 Å². The van der Waals surface area contributed by atoms with Crippen molar-refractivity contribution in [3.8, 4) is 0 Å². The second kappa shape index (κ2) is 53.2. The van der Waals surface area contributed by atoms with Crippen molar-refractivity contribution in [2.24, 2.45) is 0 Å². The van der Waals surface area contributed by atoms with Gasteiger partial charge < -0.3 is 14.2 Å². The molecule has 0 aliphatic carbocycles. The maximum atomic E-state index is 12.8. The predicted molar refractivity (Wildman–Crippen MR) is 275 cm³/mol. The van der Waals surface area contributed by atoms with Crippen molar-refractivity contribution >= 4 is 17.9 Å². The summed E-state index contributed by atoms with van der Waals surface area (Å²) in [6, 6.07) is 0. The fourth-order valence-corrected chi connectivity index (χ4v) is 8.12. The first-order valence-electron chi connectivity index (χ1n) is 28.0. The Labute approximate surface area is 397 Å². The molecule has 6 nitrogen and oxygen atoms in total. The van der Waals surface area contributed by atoms with E-state index >= 15 is 0 Å². The first kappa shape index (κ1) is 61.6. The molecule has 0 aliphatic rings. The Kier molecular flexibility index (Phi) is 51.3. The molecule has 0 unspecified atom stereocenters. The minimum Gasteiger partial charge on any atom is -0.462 e. The fraction of sp³-hybridized carbons (Fsp3) is 0.845. The molecule has 0 spiro atoms. The summed E-state index contributed by atoms with van der Waals surface area (Å²) in [5.74, 6) is -0.879. The van der Waals surface area contributed by atoms with Gasteiger partial charge in [-0.25, -0.2) is 0 Å². The molecule has 0 aliphatic heterocycles. The summed E-state index contributed by atoms with van der Waals surface area (Å²) in [5.41, 5.74) is 0. The summed E-state index contributed by atoms with van der Waals surface area (Å²) in [6.07, 6.45) is 62.7. The molecule has 0 N–H and O–H groups in total. The lowest BCUT2D eigenvalue weighted by Crippen LogP contribution is -2.30. The van der Waals surface area contributed by atoms with Gasteiger partial charge in [-0.3, -0.25) is 14.4 Å². The predicted octanol–water partition coefficient (Wildman–Crippen LogP) is 18.5. The molecule has 0 radical (unpaired) electrons. The van der Waals surface area contributed by atoms with E-state index in [4.69, 9.17) is 14.2 Å². The topological polar surface area (TPSA) is 78.9 Å². The minimum atomic E-state index is -0.778. The molecule has 0 heterocycles. The van der Waals surface area contributed by atoms with E-state index in [2.05, 4.69) is 57.2 Å². The Morgan fingerprint density at radius 2 is 0.562 bits per heavy atom. The van der Waals surface area contributed by atoms with Gasteiger partial charge in [0.25, 0.3) is 0 Å². The Hall–Kier alpha value is -2.37. The number of carbonyl (C=O) groups excluding carboxylic acids is 3. The van der Waals surface area contributed by atoms with E-state index in [0.29, 0.717) is 19.3 Å². The lowest BCUT2D eigenvalue weighted by Gasteiger charge is -2.18. The highest BCUT2D eigenvalue weighted by Gasteiger charge is 2.19. The number of esters is 3. The molecule has 0 amide bonds. The van der Waals surface area contributed by atoms with Crippen molar-refractivity contribution in [2.75, 3.05) is 13.2 Å². The minimum absolute atomic E-state index is 0.0759. The first-order chi connectivity index (χ1) is 31.5. The van der Waals surface area contributed by atoms with E-state index in [9.17, 15) is 14.4 Å². The van der Waals surface area contributed by atoms with E-state index in [1.54, 1.807) is 0 Å². The van der Waals surface area contributed by atoms with Crippen molar-refractivity contribution in [3.05, 3.63) is 36.5 Å². The zero-order valence-electron chi connectivity index (χ0n) is 42.8. The largest absolute Gasteiger partial charge is 0.462 e. The molecule has 374 valence electrons. The SMILES string of the molecule is CCCCC/C=C\C/C=C\CCCCCCCC(=O)O[C@@H](COC(=O)CCCCCCCCC/C=C\CCCCCCCC)COC(=O)CCCCCCCCCCCCCCCC. The molecule has 64 heavy (non-hydrogen) atoms. The molecular weight excluding hydrogens is 793 g/mol. The molecule has 1 atom stereocenters. The number of hydrogen-bond acceptors (Lipinski definition) is 6. The summed E-state index contributed by atoms with van der Waals surface area (Å²) < 4.78 is 16.8. The second-order valence-corrected chi connectivity index (χ2v) is 18.8. The van der Waals surface area contributed by atoms with Crippen LogP contribution in [-0.4, -0.2) is 37.2 Å². The highest BCUT2D eigenvalue weighted by atomic mass is 16.6. The van der Waals surface area contributed by atoms with Crippen LogP contribution in [0.1, 0.15) is 297 Å². The van der Waals surface area contributed by atoms with Gasteiger partial charge in [0.1, 0.15) is 13.2 Å². The summed E-state index contributed by atoms with van der Waals surface area (Å²) in [7, 11) is 0. The Morgan fingerprint density at radius 1 is 0.312 bits per heavy atom. The molecule has 6 heteroatoms. The third kappa shape index (κ3) is 50.6. The molecule has 0 aromatic rings. The summed E-state index contributed by atoms with van der Waals surface area (Å²) in [5, 5.41) is 0. The maximum absolute atomic E-state index is 12.8. The van der Waals surface area contributed by atoms with Crippen LogP contribution in [0.2, 0.25) is 0 Å². The number of ether oxygens (including phenoxy) is 3. The van der Waals surface area contributed by atoms with Gasteiger partial charge in [0.05, 0.1) is 0 Å². The molecular formula is C58H106O6. The molecule has 0 rings (SSSR count). The van der Waals surface area contributed by atoms with Crippen molar-refractivity contribution in [1.29, 1.82) is 0 Å². The number of carbonyl (C=O) groups is 3. The second-order valence-electron chi connectivity index (χ2n) is 18.8.